The van der Waals surface area contributed by atoms with Crippen molar-refractivity contribution in [2.45, 2.75) is 33.1 Å². The van der Waals surface area contributed by atoms with E-state index < -0.39 is 10.0 Å². The van der Waals surface area contributed by atoms with Crippen LogP contribution in [0.4, 0.5) is 0 Å². The maximum atomic E-state index is 13.2. The molecule has 2 aromatic rings. The number of nitrogens with one attached hydrogen (secondary N) is 1. The molecule has 1 saturated heterocycles. The highest BCUT2D eigenvalue weighted by Gasteiger charge is 2.36. The predicted molar refractivity (Wildman–Crippen MR) is 102 cm³/mol. The number of aromatic nitrogens is 2. The fourth-order valence-electron chi connectivity index (χ4n) is 3.92. The summed E-state index contributed by atoms with van der Waals surface area (Å²) in [5.74, 6) is 0.157. The Labute approximate surface area is 152 Å². The minimum absolute atomic E-state index is 0.0320. The van der Waals surface area contributed by atoms with E-state index in [0.29, 0.717) is 18.0 Å². The third-order valence-corrected chi connectivity index (χ3v) is 8.37. The summed E-state index contributed by atoms with van der Waals surface area (Å²) in [5, 5.41) is 0. The Morgan fingerprint density at radius 3 is 2.88 bits per heavy atom. The zero-order valence-corrected chi connectivity index (χ0v) is 16.2. The number of allylic oxidation sites excluding steroid dienone is 4. The Hall–Kier alpha value is -1.44. The zero-order valence-electron chi connectivity index (χ0n) is 14.5. The van der Waals surface area contributed by atoms with Crippen LogP contribution in [-0.2, 0) is 16.4 Å². The number of aryl methyl sites for hydroxylation is 1. The number of hydrogen-bond acceptors (Lipinski definition) is 4. The molecule has 0 radical (unpaired) electrons. The van der Waals surface area contributed by atoms with Gasteiger partial charge in [0.15, 0.2) is 0 Å². The predicted octanol–water partition coefficient (Wildman–Crippen LogP) is 3.61. The molecule has 2 aliphatic rings. The molecule has 3 heterocycles. The van der Waals surface area contributed by atoms with Gasteiger partial charge in [-0.05, 0) is 43.7 Å². The second-order valence-electron chi connectivity index (χ2n) is 6.99. The van der Waals surface area contributed by atoms with Gasteiger partial charge in [-0.25, -0.2) is 13.4 Å². The molecule has 5 nitrogen and oxygen atoms in total. The second-order valence-corrected chi connectivity index (χ2v) is 9.79. The lowest BCUT2D eigenvalue weighted by molar-refractivity contribution is 0.451. The second kappa shape index (κ2) is 6.37. The molecular formula is C18H23N3O2S2. The molecule has 0 spiro atoms. The summed E-state index contributed by atoms with van der Waals surface area (Å²) in [6.07, 6.45) is 8.46. The van der Waals surface area contributed by atoms with Crippen molar-refractivity contribution in [1.82, 2.24) is 14.3 Å². The van der Waals surface area contributed by atoms with E-state index >= 15 is 0 Å². The van der Waals surface area contributed by atoms with Gasteiger partial charge in [-0.3, -0.25) is 0 Å². The van der Waals surface area contributed by atoms with Crippen molar-refractivity contribution in [3.8, 4) is 0 Å². The number of nitrogens with zero attached hydrogens (tertiary/aromatic N) is 2. The van der Waals surface area contributed by atoms with Crippen LogP contribution in [0.1, 0.15) is 31.0 Å². The molecule has 0 saturated carbocycles. The van der Waals surface area contributed by atoms with Gasteiger partial charge in [0.1, 0.15) is 5.65 Å². The van der Waals surface area contributed by atoms with E-state index in [1.54, 1.807) is 15.6 Å². The van der Waals surface area contributed by atoms with Gasteiger partial charge in [0.05, 0.1) is 15.1 Å². The number of rotatable bonds is 4. The van der Waals surface area contributed by atoms with Crippen molar-refractivity contribution in [3.05, 3.63) is 39.9 Å². The van der Waals surface area contributed by atoms with E-state index in [1.165, 1.54) is 5.56 Å². The molecule has 0 amide bonds. The van der Waals surface area contributed by atoms with E-state index in [1.807, 2.05) is 24.6 Å². The smallest absolute Gasteiger partial charge is 0.239 e. The lowest BCUT2D eigenvalue weighted by Gasteiger charge is -2.29. The third-order valence-electron chi connectivity index (χ3n) is 5.40. The Balaban J connectivity index is 1.71. The van der Waals surface area contributed by atoms with E-state index in [0.717, 1.165) is 35.3 Å². The molecule has 1 aliphatic carbocycles. The number of hydrogen-bond donors (Lipinski definition) is 1. The lowest BCUT2D eigenvalue weighted by Crippen LogP contribution is -2.34. The van der Waals surface area contributed by atoms with Gasteiger partial charge in [-0.15, -0.1) is 11.3 Å². The number of aromatic amines is 1. The fourth-order valence-corrected chi connectivity index (χ4v) is 6.75. The highest BCUT2D eigenvalue weighted by atomic mass is 32.2. The van der Waals surface area contributed by atoms with Crippen LogP contribution in [0.3, 0.4) is 0 Å². The maximum Gasteiger partial charge on any atom is 0.239 e. The van der Waals surface area contributed by atoms with Crippen LogP contribution in [0.2, 0.25) is 0 Å². The van der Waals surface area contributed by atoms with Crippen LogP contribution in [0, 0.1) is 18.8 Å². The third kappa shape index (κ3) is 2.88. The van der Waals surface area contributed by atoms with Crippen LogP contribution < -0.4 is 0 Å². The van der Waals surface area contributed by atoms with Gasteiger partial charge in [-0.1, -0.05) is 19.1 Å². The molecule has 1 N–H and O–H groups in total. The summed E-state index contributed by atoms with van der Waals surface area (Å²) in [4.78, 5) is 8.25. The molecule has 134 valence electrons. The minimum atomic E-state index is -3.38. The topological polar surface area (TPSA) is 66.1 Å². The lowest BCUT2D eigenvalue weighted by atomic mass is 9.85. The van der Waals surface area contributed by atoms with Gasteiger partial charge in [0.2, 0.25) is 10.0 Å². The standard InChI is InChI=1S/C18H23N3O2S2/c1-12-6-5-7-16(25(22,23)21-8-3-4-9-21)14(12)10-15-13(2)20-18-17(15)24-11-19-18/h5-7,11-12,14,20H,3-4,8-10H2,1-2H3. The van der Waals surface area contributed by atoms with Gasteiger partial charge >= 0.3 is 0 Å². The summed E-state index contributed by atoms with van der Waals surface area (Å²) in [6.45, 7) is 5.45. The van der Waals surface area contributed by atoms with Gasteiger partial charge in [-0.2, -0.15) is 4.31 Å². The molecule has 1 fully saturated rings. The van der Waals surface area contributed by atoms with Crippen molar-refractivity contribution in [3.63, 3.8) is 0 Å². The first-order chi connectivity index (χ1) is 12.0. The minimum Gasteiger partial charge on any atom is -0.343 e. The normalized spacial score (nSPS) is 25.0. The zero-order chi connectivity index (χ0) is 17.6. The van der Waals surface area contributed by atoms with Crippen molar-refractivity contribution in [1.29, 1.82) is 0 Å². The molecule has 25 heavy (non-hydrogen) atoms. The van der Waals surface area contributed by atoms with Crippen LogP contribution >= 0.6 is 11.3 Å². The number of thiazole rings is 1. The van der Waals surface area contributed by atoms with Gasteiger partial charge in [0, 0.05) is 24.7 Å². The first kappa shape index (κ1) is 17.0. The first-order valence-corrected chi connectivity index (χ1v) is 11.1. The quantitative estimate of drug-likeness (QED) is 0.885. The summed E-state index contributed by atoms with van der Waals surface area (Å²) in [7, 11) is -3.38. The number of H-pyrrole nitrogens is 1. The van der Waals surface area contributed by atoms with Gasteiger partial charge in [0.25, 0.3) is 0 Å². The van der Waals surface area contributed by atoms with Crippen LogP contribution in [0.5, 0.6) is 0 Å². The molecule has 0 bridgehead atoms. The average molecular weight is 378 g/mol. The Bertz CT molecular complexity index is 946. The molecule has 2 atom stereocenters. The highest BCUT2D eigenvalue weighted by Crippen LogP contribution is 2.38. The van der Waals surface area contributed by atoms with Crippen molar-refractivity contribution >= 4 is 31.7 Å². The number of fused-ring (bicyclic) bond motifs is 1. The Kier molecular flexibility index (Phi) is 4.33. The molecule has 0 aromatic carbocycles. The molecule has 7 heteroatoms. The summed E-state index contributed by atoms with van der Waals surface area (Å²) in [5.41, 5.74) is 5.04. The van der Waals surface area contributed by atoms with E-state index in [2.05, 4.69) is 23.0 Å². The SMILES string of the molecule is Cc1[nH]c2ncsc2c1CC1C(S(=O)(=O)N2CCCC2)=CC=CC1C. The van der Waals surface area contributed by atoms with E-state index in [9.17, 15) is 8.42 Å². The molecule has 2 aromatic heterocycles. The molecule has 2 unspecified atom stereocenters. The monoisotopic (exact) mass is 377 g/mol. The molecular weight excluding hydrogens is 354 g/mol. The summed E-state index contributed by atoms with van der Waals surface area (Å²) >= 11 is 1.62. The molecule has 4 rings (SSSR count). The van der Waals surface area contributed by atoms with Crippen molar-refractivity contribution < 1.29 is 8.42 Å². The number of sulfonamides is 1. The summed E-state index contributed by atoms with van der Waals surface area (Å²) in [6, 6.07) is 0. The molecule has 1 aliphatic heterocycles. The van der Waals surface area contributed by atoms with Crippen molar-refractivity contribution in [2.75, 3.05) is 13.1 Å². The largest absolute Gasteiger partial charge is 0.343 e. The summed E-state index contributed by atoms with van der Waals surface area (Å²) < 4.78 is 29.2. The Morgan fingerprint density at radius 1 is 1.36 bits per heavy atom. The highest BCUT2D eigenvalue weighted by molar-refractivity contribution is 7.93. The van der Waals surface area contributed by atoms with Crippen LogP contribution in [0.15, 0.2) is 28.6 Å². The van der Waals surface area contributed by atoms with E-state index in [4.69, 9.17) is 0 Å². The Morgan fingerprint density at radius 2 is 2.12 bits per heavy atom. The van der Waals surface area contributed by atoms with Gasteiger partial charge < -0.3 is 4.98 Å². The van der Waals surface area contributed by atoms with E-state index in [-0.39, 0.29) is 11.8 Å². The fraction of sp³-hybridized carbons (Fsp3) is 0.500. The maximum absolute atomic E-state index is 13.2. The van der Waals surface area contributed by atoms with Crippen LogP contribution in [-0.4, -0.2) is 35.8 Å². The van der Waals surface area contributed by atoms with Crippen LogP contribution in [0.25, 0.3) is 10.3 Å². The van der Waals surface area contributed by atoms with Crippen molar-refractivity contribution in [2.24, 2.45) is 11.8 Å². The first-order valence-electron chi connectivity index (χ1n) is 8.77. The average Bonchev–Trinajstić information content (AvgIpc) is 3.29.